The van der Waals surface area contributed by atoms with E-state index in [-0.39, 0.29) is 5.56 Å². The van der Waals surface area contributed by atoms with E-state index in [4.69, 9.17) is 4.74 Å². The van der Waals surface area contributed by atoms with Crippen molar-refractivity contribution >= 4 is 23.7 Å². The van der Waals surface area contributed by atoms with Gasteiger partial charge >= 0.3 is 5.97 Å². The number of carbonyl (C=O) groups excluding carboxylic acids is 4. The average Bonchev–Trinajstić information content (AvgIpc) is 2.96. The molecule has 10 nitrogen and oxygen atoms in total. The maximum atomic E-state index is 14.6. The summed E-state index contributed by atoms with van der Waals surface area (Å²) in [6.45, 7) is 5.46. The highest BCUT2D eigenvalue weighted by molar-refractivity contribution is 6.00. The van der Waals surface area contributed by atoms with E-state index in [0.29, 0.717) is 0 Å². The number of carbonyl (C=O) groups is 4. The Hall–Kier alpha value is -4.27. The van der Waals surface area contributed by atoms with E-state index in [1.54, 1.807) is 0 Å². The molecule has 2 aromatic carbocycles. The number of phenolic OH excluding ortho intramolecular Hbond substituents is 1. The van der Waals surface area contributed by atoms with Crippen LogP contribution in [0.15, 0.2) is 24.3 Å². The van der Waals surface area contributed by atoms with Crippen molar-refractivity contribution in [2.24, 2.45) is 11.8 Å². The van der Waals surface area contributed by atoms with Crippen molar-refractivity contribution in [3.63, 3.8) is 0 Å². The number of nitrogens with one attached hydrogen (secondary N) is 3. The summed E-state index contributed by atoms with van der Waals surface area (Å²) in [5, 5.41) is 28.1. The fourth-order valence-electron chi connectivity index (χ4n) is 4.48. The number of cyclic esters (lactones) is 1. The number of amides is 3. The van der Waals surface area contributed by atoms with Crippen molar-refractivity contribution in [3.05, 3.63) is 64.5 Å². The molecule has 6 atom stereocenters. The molecule has 1 unspecified atom stereocenters. The van der Waals surface area contributed by atoms with Crippen LogP contribution in [0.2, 0.25) is 0 Å². The fraction of sp³-hybridized carbons (Fsp3) is 0.429. The Balaban J connectivity index is 2.10. The number of para-hydroxylation sites is 1. The number of benzene rings is 2. The molecule has 3 rings (SSSR count). The first-order valence-electron chi connectivity index (χ1n) is 13.1. The van der Waals surface area contributed by atoms with Crippen LogP contribution in [0.1, 0.15) is 43.6 Å². The number of aliphatic hydroxyl groups excluding tert-OH is 1. The minimum atomic E-state index is -2.42. The number of aromatic hydroxyl groups is 1. The second-order valence-corrected chi connectivity index (χ2v) is 10.5. The van der Waals surface area contributed by atoms with Crippen LogP contribution >= 0.6 is 0 Å². The maximum absolute atomic E-state index is 14.6. The molecule has 234 valence electrons. The minimum Gasteiger partial charge on any atom is -0.507 e. The second-order valence-electron chi connectivity index (χ2n) is 10.5. The molecule has 0 spiro atoms. The highest BCUT2D eigenvalue weighted by atomic mass is 19.2. The van der Waals surface area contributed by atoms with Crippen molar-refractivity contribution in [2.75, 3.05) is 0 Å². The predicted molar refractivity (Wildman–Crippen MR) is 139 cm³/mol. The van der Waals surface area contributed by atoms with Gasteiger partial charge in [0.15, 0.2) is 29.4 Å². The number of esters is 1. The van der Waals surface area contributed by atoms with Crippen molar-refractivity contribution in [2.45, 2.75) is 64.4 Å². The van der Waals surface area contributed by atoms with Gasteiger partial charge in [0.25, 0.3) is 11.8 Å². The summed E-state index contributed by atoms with van der Waals surface area (Å²) in [6.07, 6.45) is -4.69. The summed E-state index contributed by atoms with van der Waals surface area (Å²) in [5.74, 6) is -18.2. The summed E-state index contributed by atoms with van der Waals surface area (Å²) >= 11 is 0. The van der Waals surface area contributed by atoms with Crippen LogP contribution in [0, 0.1) is 40.9 Å². The minimum absolute atomic E-state index is 0.263. The molecule has 0 radical (unpaired) electrons. The third-order valence-corrected chi connectivity index (χ3v) is 7.04. The molecule has 1 aliphatic heterocycles. The van der Waals surface area contributed by atoms with Crippen LogP contribution in [-0.4, -0.2) is 64.2 Å². The van der Waals surface area contributed by atoms with Crippen LogP contribution in [0.3, 0.4) is 0 Å². The normalized spacial score (nSPS) is 25.2. The van der Waals surface area contributed by atoms with E-state index in [1.165, 1.54) is 45.0 Å². The molecule has 1 heterocycles. The molecular weight excluding hydrogens is 585 g/mol. The molecule has 1 saturated heterocycles. The smallest absolute Gasteiger partial charge is 0.312 e. The Morgan fingerprint density at radius 1 is 0.930 bits per heavy atom. The van der Waals surface area contributed by atoms with Gasteiger partial charge in [0.05, 0.1) is 29.7 Å². The Morgan fingerprint density at radius 2 is 1.49 bits per heavy atom. The van der Waals surface area contributed by atoms with Gasteiger partial charge in [-0.25, -0.2) is 22.0 Å². The monoisotopic (exact) mass is 615 g/mol. The number of aliphatic hydroxyl groups is 1. The van der Waals surface area contributed by atoms with E-state index >= 15 is 0 Å². The summed E-state index contributed by atoms with van der Waals surface area (Å²) in [7, 11) is 0. The number of ether oxygens (including phenoxy) is 1. The maximum Gasteiger partial charge on any atom is 0.312 e. The Labute approximate surface area is 242 Å². The molecule has 5 N–H and O–H groups in total. The second kappa shape index (κ2) is 13.4. The number of halogens is 5. The van der Waals surface area contributed by atoms with Crippen molar-refractivity contribution < 1.29 is 56.1 Å². The third-order valence-electron chi connectivity index (χ3n) is 7.04. The lowest BCUT2D eigenvalue weighted by molar-refractivity contribution is -0.166. The quantitative estimate of drug-likeness (QED) is 0.149. The first-order valence-corrected chi connectivity index (χ1v) is 13.1. The van der Waals surface area contributed by atoms with Gasteiger partial charge in [0, 0.05) is 12.0 Å². The largest absolute Gasteiger partial charge is 0.507 e. The SMILES string of the molecule is CC(C)C1OC(=O)[C@H](C)[C@H](O)[C@H](Cc2c(F)c(F)c(F)c(F)c2F)NC(=O)[C@@H](NC(=O)c2ccccc2O)[C@@H](C)NC1=O. The molecular formula is C28H30F5N3O7. The lowest BCUT2D eigenvalue weighted by Crippen LogP contribution is -2.62. The molecule has 2 aromatic rings. The van der Waals surface area contributed by atoms with Gasteiger partial charge in [-0.1, -0.05) is 26.0 Å². The zero-order valence-corrected chi connectivity index (χ0v) is 23.4. The summed E-state index contributed by atoms with van der Waals surface area (Å²) in [5.41, 5.74) is -1.65. The zero-order valence-electron chi connectivity index (χ0n) is 23.4. The molecule has 1 aliphatic rings. The highest BCUT2D eigenvalue weighted by Crippen LogP contribution is 2.26. The van der Waals surface area contributed by atoms with Crippen molar-refractivity contribution in [1.29, 1.82) is 0 Å². The average molecular weight is 616 g/mol. The Morgan fingerprint density at radius 3 is 2.05 bits per heavy atom. The van der Waals surface area contributed by atoms with Crippen LogP contribution < -0.4 is 16.0 Å². The van der Waals surface area contributed by atoms with Gasteiger partial charge in [-0.15, -0.1) is 0 Å². The van der Waals surface area contributed by atoms with Crippen LogP contribution in [0.4, 0.5) is 22.0 Å². The number of phenols is 1. The van der Waals surface area contributed by atoms with E-state index in [9.17, 15) is 51.3 Å². The van der Waals surface area contributed by atoms with E-state index in [0.717, 1.165) is 6.92 Å². The predicted octanol–water partition coefficient (Wildman–Crippen LogP) is 2.00. The lowest BCUT2D eigenvalue weighted by atomic mass is 9.91. The Kier molecular flexibility index (Phi) is 10.3. The van der Waals surface area contributed by atoms with Crippen molar-refractivity contribution in [3.8, 4) is 5.75 Å². The van der Waals surface area contributed by atoms with Crippen LogP contribution in [0.5, 0.6) is 5.75 Å². The molecule has 43 heavy (non-hydrogen) atoms. The lowest BCUT2D eigenvalue weighted by Gasteiger charge is -2.34. The van der Waals surface area contributed by atoms with Crippen LogP contribution in [-0.2, 0) is 25.5 Å². The fourth-order valence-corrected chi connectivity index (χ4v) is 4.48. The number of hydrogen-bond acceptors (Lipinski definition) is 7. The molecule has 0 bridgehead atoms. The van der Waals surface area contributed by atoms with Crippen molar-refractivity contribution in [1.82, 2.24) is 16.0 Å². The van der Waals surface area contributed by atoms with Gasteiger partial charge in [-0.2, -0.15) is 0 Å². The molecule has 15 heteroatoms. The summed E-state index contributed by atoms with van der Waals surface area (Å²) < 4.78 is 76.0. The summed E-state index contributed by atoms with van der Waals surface area (Å²) in [4.78, 5) is 52.4. The number of rotatable bonds is 5. The highest BCUT2D eigenvalue weighted by Gasteiger charge is 2.41. The van der Waals surface area contributed by atoms with E-state index in [1.807, 2.05) is 0 Å². The Bertz CT molecular complexity index is 1390. The van der Waals surface area contributed by atoms with Gasteiger partial charge in [-0.3, -0.25) is 19.2 Å². The first-order chi connectivity index (χ1) is 20.1. The molecule has 3 amide bonds. The molecule has 0 aromatic heterocycles. The zero-order chi connectivity index (χ0) is 32.3. The van der Waals surface area contributed by atoms with Gasteiger partial charge in [0.1, 0.15) is 11.8 Å². The number of hydrogen-bond donors (Lipinski definition) is 5. The van der Waals surface area contributed by atoms with Gasteiger partial charge < -0.3 is 30.9 Å². The molecule has 1 fully saturated rings. The van der Waals surface area contributed by atoms with Gasteiger partial charge in [0.2, 0.25) is 11.7 Å². The molecule has 0 aliphatic carbocycles. The molecule has 0 saturated carbocycles. The van der Waals surface area contributed by atoms with E-state index < -0.39 is 113 Å². The van der Waals surface area contributed by atoms with Crippen LogP contribution in [0.25, 0.3) is 0 Å². The third kappa shape index (κ3) is 7.04. The first kappa shape index (κ1) is 33.2. The standard InChI is InChI=1S/C28H30F5N3O7/c1-10(2)24-27(41)34-12(4)22(36-25(39)13-7-5-6-8-16(13)37)26(40)35-15(23(38)11(3)28(42)43-24)9-14-17(29)19(31)21(33)20(32)18(14)30/h5-8,10-12,15,22-24,37-38H,9H2,1-4H3,(H,34,41)(H,35,40)(H,36,39)/t11-,12-,15+,22+,23+,24?/m1/s1. The van der Waals surface area contributed by atoms with Gasteiger partial charge in [-0.05, 0) is 31.9 Å². The topological polar surface area (TPSA) is 154 Å². The van der Waals surface area contributed by atoms with E-state index in [2.05, 4.69) is 16.0 Å². The summed E-state index contributed by atoms with van der Waals surface area (Å²) in [6, 6.07) is 0.421.